The maximum Gasteiger partial charge on any atom is 0.211 e. The Balaban J connectivity index is 2.46. The molecule has 0 aliphatic carbocycles. The molecule has 1 heterocycles. The second-order valence-electron chi connectivity index (χ2n) is 4.10. The van der Waals surface area contributed by atoms with Crippen LogP contribution in [0.3, 0.4) is 0 Å². The van der Waals surface area contributed by atoms with Crippen molar-refractivity contribution in [3.8, 4) is 0 Å². The molecule has 0 bridgehead atoms. The zero-order chi connectivity index (χ0) is 13.4. The maximum atomic E-state index is 10.7. The summed E-state index contributed by atoms with van der Waals surface area (Å²) >= 11 is 0. The van der Waals surface area contributed by atoms with E-state index in [-0.39, 0.29) is 0 Å². The summed E-state index contributed by atoms with van der Waals surface area (Å²) in [5, 5.41) is 2.54. The molecule has 19 heavy (non-hydrogen) atoms. The molecule has 5 N–H and O–H groups in total. The van der Waals surface area contributed by atoms with E-state index >= 15 is 0 Å². The normalized spacial score (nSPS) is 10.7. The summed E-state index contributed by atoms with van der Waals surface area (Å²) in [7, 11) is 0. The zero-order valence-corrected chi connectivity index (χ0v) is 9.92. The summed E-state index contributed by atoms with van der Waals surface area (Å²) in [6.45, 7) is 0. The minimum Gasteiger partial charge on any atom is -0.397 e. The molecule has 3 rings (SSSR count). The van der Waals surface area contributed by atoms with Gasteiger partial charge >= 0.3 is 0 Å². The fourth-order valence-corrected chi connectivity index (χ4v) is 2.00. The van der Waals surface area contributed by atoms with Crippen LogP contribution in [0.1, 0.15) is 0 Å². The SMILES string of the molecule is Nc1cc2nc3ccccc3nc2c(NC=O)c1N. The molecule has 94 valence electrons. The molecule has 3 aromatic rings. The average molecular weight is 253 g/mol. The van der Waals surface area contributed by atoms with Gasteiger partial charge in [0.2, 0.25) is 6.41 Å². The van der Waals surface area contributed by atoms with Gasteiger partial charge in [-0.2, -0.15) is 0 Å². The van der Waals surface area contributed by atoms with Gasteiger partial charge in [-0.1, -0.05) is 12.1 Å². The van der Waals surface area contributed by atoms with Crippen LogP contribution in [0.4, 0.5) is 17.1 Å². The van der Waals surface area contributed by atoms with Gasteiger partial charge in [-0.05, 0) is 18.2 Å². The van der Waals surface area contributed by atoms with E-state index < -0.39 is 0 Å². The van der Waals surface area contributed by atoms with Crippen molar-refractivity contribution in [2.45, 2.75) is 0 Å². The molecule has 6 nitrogen and oxygen atoms in total. The van der Waals surface area contributed by atoms with E-state index in [1.54, 1.807) is 6.07 Å². The number of nitrogens with zero attached hydrogens (tertiary/aromatic N) is 2. The van der Waals surface area contributed by atoms with E-state index in [1.807, 2.05) is 24.3 Å². The molecule has 6 heteroatoms. The van der Waals surface area contributed by atoms with Crippen LogP contribution < -0.4 is 16.8 Å². The first kappa shape index (κ1) is 11.2. The summed E-state index contributed by atoms with van der Waals surface area (Å²) in [5.74, 6) is 0. The van der Waals surface area contributed by atoms with Crippen LogP contribution >= 0.6 is 0 Å². The largest absolute Gasteiger partial charge is 0.397 e. The Hall–Kier alpha value is -2.89. The molecule has 1 amide bonds. The third-order valence-electron chi connectivity index (χ3n) is 2.91. The lowest BCUT2D eigenvalue weighted by atomic mass is 10.1. The third kappa shape index (κ3) is 1.70. The molecule has 0 aliphatic heterocycles. The number of fused-ring (bicyclic) bond motifs is 2. The van der Waals surface area contributed by atoms with Crippen molar-refractivity contribution in [3.05, 3.63) is 30.3 Å². The Morgan fingerprint density at radius 3 is 2.42 bits per heavy atom. The molecule has 0 radical (unpaired) electrons. The third-order valence-corrected chi connectivity index (χ3v) is 2.91. The fourth-order valence-electron chi connectivity index (χ4n) is 2.00. The van der Waals surface area contributed by atoms with Gasteiger partial charge in [0.15, 0.2) is 0 Å². The van der Waals surface area contributed by atoms with Gasteiger partial charge in [0.25, 0.3) is 0 Å². The lowest BCUT2D eigenvalue weighted by molar-refractivity contribution is -0.105. The number of rotatable bonds is 2. The van der Waals surface area contributed by atoms with Crippen LogP contribution in [0.5, 0.6) is 0 Å². The van der Waals surface area contributed by atoms with Crippen molar-refractivity contribution in [1.29, 1.82) is 0 Å². The second-order valence-corrected chi connectivity index (χ2v) is 4.10. The number of nitrogens with two attached hydrogens (primary N) is 2. The van der Waals surface area contributed by atoms with Gasteiger partial charge in [-0.3, -0.25) is 4.79 Å². The van der Waals surface area contributed by atoms with E-state index in [4.69, 9.17) is 11.5 Å². The summed E-state index contributed by atoms with van der Waals surface area (Å²) in [5.41, 5.74) is 15.3. The van der Waals surface area contributed by atoms with E-state index in [0.717, 1.165) is 11.0 Å². The summed E-state index contributed by atoms with van der Waals surface area (Å²) < 4.78 is 0. The molecule has 0 saturated heterocycles. The maximum absolute atomic E-state index is 10.7. The van der Waals surface area contributed by atoms with Crippen LogP contribution in [0.2, 0.25) is 0 Å². The number of amides is 1. The van der Waals surface area contributed by atoms with Crippen molar-refractivity contribution in [2.24, 2.45) is 0 Å². The number of carbonyl (C=O) groups is 1. The highest BCUT2D eigenvalue weighted by atomic mass is 16.1. The standard InChI is InChI=1S/C13H11N5O/c14-7-5-10-12(13(11(7)15)16-6-19)18-9-4-2-1-3-8(9)17-10/h1-6H,14-15H2,(H,16,19). The molecule has 0 saturated carbocycles. The van der Waals surface area contributed by atoms with E-state index in [9.17, 15) is 4.79 Å². The highest BCUT2D eigenvalue weighted by Gasteiger charge is 2.12. The van der Waals surface area contributed by atoms with E-state index in [1.165, 1.54) is 0 Å². The summed E-state index contributed by atoms with van der Waals surface area (Å²) in [6, 6.07) is 9.12. The number of aromatic nitrogens is 2. The molecule has 0 aliphatic rings. The molecular weight excluding hydrogens is 242 g/mol. The lowest BCUT2D eigenvalue weighted by Crippen LogP contribution is -2.05. The Morgan fingerprint density at radius 2 is 1.74 bits per heavy atom. The number of hydrogen-bond acceptors (Lipinski definition) is 5. The molecule has 0 spiro atoms. The van der Waals surface area contributed by atoms with Crippen LogP contribution in [0, 0.1) is 0 Å². The Kier molecular flexibility index (Phi) is 2.42. The molecule has 0 unspecified atom stereocenters. The number of benzene rings is 2. The van der Waals surface area contributed by atoms with Gasteiger partial charge in [0.05, 0.1) is 33.6 Å². The Morgan fingerprint density at radius 1 is 1.05 bits per heavy atom. The highest BCUT2D eigenvalue weighted by molar-refractivity contribution is 6.05. The minimum absolute atomic E-state index is 0.296. The number of nitrogen functional groups attached to an aromatic ring is 2. The smallest absolute Gasteiger partial charge is 0.211 e. The van der Waals surface area contributed by atoms with Crippen molar-refractivity contribution in [1.82, 2.24) is 9.97 Å². The number of para-hydroxylation sites is 2. The Bertz CT molecular complexity index is 800. The first-order valence-electron chi connectivity index (χ1n) is 5.65. The zero-order valence-electron chi connectivity index (χ0n) is 9.92. The minimum atomic E-state index is 0.296. The number of hydrogen-bond donors (Lipinski definition) is 3. The number of anilines is 3. The lowest BCUT2D eigenvalue weighted by Gasteiger charge is -2.10. The summed E-state index contributed by atoms with van der Waals surface area (Å²) in [6.07, 6.45) is 0.543. The topological polar surface area (TPSA) is 107 Å². The average Bonchev–Trinajstić information content (AvgIpc) is 2.42. The highest BCUT2D eigenvalue weighted by Crippen LogP contribution is 2.33. The van der Waals surface area contributed by atoms with Gasteiger partial charge in [-0.25, -0.2) is 9.97 Å². The van der Waals surface area contributed by atoms with E-state index in [0.29, 0.717) is 34.5 Å². The van der Waals surface area contributed by atoms with Gasteiger partial charge < -0.3 is 16.8 Å². The number of carbonyl (C=O) groups excluding carboxylic acids is 1. The van der Waals surface area contributed by atoms with Gasteiger partial charge in [-0.15, -0.1) is 0 Å². The van der Waals surface area contributed by atoms with Crippen molar-refractivity contribution in [2.75, 3.05) is 16.8 Å². The molecule has 0 fully saturated rings. The molecule has 0 atom stereocenters. The van der Waals surface area contributed by atoms with Crippen LogP contribution in [-0.2, 0) is 4.79 Å². The van der Waals surface area contributed by atoms with Gasteiger partial charge in [0.1, 0.15) is 5.52 Å². The molecule has 2 aromatic carbocycles. The second kappa shape index (κ2) is 4.09. The fraction of sp³-hybridized carbons (Fsp3) is 0. The van der Waals surface area contributed by atoms with Crippen molar-refractivity contribution < 1.29 is 4.79 Å². The Labute approximate surface area is 108 Å². The van der Waals surface area contributed by atoms with Crippen LogP contribution in [-0.4, -0.2) is 16.4 Å². The van der Waals surface area contributed by atoms with Crippen LogP contribution in [0.25, 0.3) is 22.1 Å². The van der Waals surface area contributed by atoms with Crippen molar-refractivity contribution >= 4 is 45.5 Å². The number of nitrogens with one attached hydrogen (secondary N) is 1. The van der Waals surface area contributed by atoms with Crippen molar-refractivity contribution in [3.63, 3.8) is 0 Å². The predicted octanol–water partition coefficient (Wildman–Crippen LogP) is 1.52. The first-order chi connectivity index (χ1) is 9.20. The molecular formula is C13H11N5O. The first-order valence-corrected chi connectivity index (χ1v) is 5.65. The monoisotopic (exact) mass is 253 g/mol. The predicted molar refractivity (Wildman–Crippen MR) is 75.6 cm³/mol. The van der Waals surface area contributed by atoms with Gasteiger partial charge in [0, 0.05) is 0 Å². The summed E-state index contributed by atoms with van der Waals surface area (Å²) in [4.78, 5) is 19.6. The molecule has 1 aromatic heterocycles. The quantitative estimate of drug-likeness (QED) is 0.364. The van der Waals surface area contributed by atoms with E-state index in [2.05, 4.69) is 15.3 Å². The van der Waals surface area contributed by atoms with Crippen LogP contribution in [0.15, 0.2) is 30.3 Å².